The summed E-state index contributed by atoms with van der Waals surface area (Å²) in [4.78, 5) is 28.2. The minimum absolute atomic E-state index is 0.0220. The zero-order chi connectivity index (χ0) is 20.5. The monoisotopic (exact) mass is 439 g/mol. The molecule has 1 amide bonds. The molecular weight excluding hydrogens is 422 g/mol. The van der Waals surface area contributed by atoms with Crippen LogP contribution in [-0.2, 0) is 4.79 Å². The highest BCUT2D eigenvalue weighted by Crippen LogP contribution is 2.29. The van der Waals surface area contributed by atoms with E-state index in [-0.39, 0.29) is 11.8 Å². The molecule has 1 aliphatic heterocycles. The molecule has 0 aliphatic carbocycles. The average Bonchev–Trinajstić information content (AvgIpc) is 3.43. The maximum atomic E-state index is 12.9. The van der Waals surface area contributed by atoms with Crippen LogP contribution in [0.2, 0.25) is 5.02 Å². The number of thiazole rings is 1. The molecule has 1 atom stereocenters. The summed E-state index contributed by atoms with van der Waals surface area (Å²) in [6.07, 6.45) is 6.82. The first-order valence-corrected chi connectivity index (χ1v) is 10.8. The summed E-state index contributed by atoms with van der Waals surface area (Å²) in [6, 6.07) is 9.26. The Labute approximate surface area is 181 Å². The fourth-order valence-corrected chi connectivity index (χ4v) is 4.74. The first-order chi connectivity index (χ1) is 14.7. The van der Waals surface area contributed by atoms with Crippen LogP contribution in [0, 0.1) is 5.92 Å². The molecule has 1 N–H and O–H groups in total. The second kappa shape index (κ2) is 8.00. The number of hydrogen-bond acceptors (Lipinski definition) is 7. The molecule has 8 nitrogen and oxygen atoms in total. The summed E-state index contributed by atoms with van der Waals surface area (Å²) in [5.74, 6) is 1.33. The van der Waals surface area contributed by atoms with Gasteiger partial charge >= 0.3 is 0 Å². The highest BCUT2D eigenvalue weighted by molar-refractivity contribution is 7.22. The summed E-state index contributed by atoms with van der Waals surface area (Å²) in [5, 5.41) is 8.45. The fourth-order valence-electron chi connectivity index (χ4n) is 3.60. The van der Waals surface area contributed by atoms with E-state index in [2.05, 4.69) is 30.3 Å². The topological polar surface area (TPSA) is 88.8 Å². The van der Waals surface area contributed by atoms with Gasteiger partial charge in [-0.1, -0.05) is 22.9 Å². The van der Waals surface area contributed by atoms with Crippen molar-refractivity contribution in [2.24, 2.45) is 5.92 Å². The van der Waals surface area contributed by atoms with E-state index in [0.717, 1.165) is 35.4 Å². The summed E-state index contributed by atoms with van der Waals surface area (Å²) in [7, 11) is 0. The third kappa shape index (κ3) is 3.86. The van der Waals surface area contributed by atoms with Crippen molar-refractivity contribution in [3.63, 3.8) is 0 Å². The number of nitrogens with one attached hydrogen (secondary N) is 1. The van der Waals surface area contributed by atoms with Crippen LogP contribution in [0.3, 0.4) is 0 Å². The maximum absolute atomic E-state index is 12.9. The Morgan fingerprint density at radius 1 is 1.23 bits per heavy atom. The molecular formula is C20H18ClN7OS. The highest BCUT2D eigenvalue weighted by atomic mass is 35.5. The molecule has 4 aromatic rings. The van der Waals surface area contributed by atoms with Gasteiger partial charge in [0.15, 0.2) is 10.9 Å². The smallest absolute Gasteiger partial charge is 0.231 e. The van der Waals surface area contributed by atoms with E-state index in [1.165, 1.54) is 17.7 Å². The van der Waals surface area contributed by atoms with Gasteiger partial charge in [-0.3, -0.25) is 4.79 Å². The molecule has 0 spiro atoms. The van der Waals surface area contributed by atoms with Crippen LogP contribution in [0.5, 0.6) is 0 Å². The predicted octanol–water partition coefficient (Wildman–Crippen LogP) is 3.78. The van der Waals surface area contributed by atoms with Crippen molar-refractivity contribution in [1.29, 1.82) is 0 Å². The number of nitrogens with zero attached hydrogens (tertiary/aromatic N) is 6. The van der Waals surface area contributed by atoms with Gasteiger partial charge in [0.1, 0.15) is 12.1 Å². The van der Waals surface area contributed by atoms with Crippen molar-refractivity contribution in [2.75, 3.05) is 23.3 Å². The van der Waals surface area contributed by atoms with Gasteiger partial charge in [-0.25, -0.2) is 19.6 Å². The zero-order valence-corrected chi connectivity index (χ0v) is 17.5. The van der Waals surface area contributed by atoms with Crippen molar-refractivity contribution < 1.29 is 4.79 Å². The normalized spacial score (nSPS) is 16.7. The third-order valence-electron chi connectivity index (χ3n) is 5.07. The second-order valence-corrected chi connectivity index (χ2v) is 8.56. The largest absolute Gasteiger partial charge is 0.356 e. The standard InChI is InChI=1S/C20H18ClN7OS/c21-14-4-5-15-16(9-14)30-20(25-15)26-19(29)13-3-1-7-27(11-13)17-10-18(23-12-22-17)28-8-2-6-24-28/h2,4-6,8-10,12-13H,1,3,7,11H2,(H,25,26,29). The molecule has 1 fully saturated rings. The van der Waals surface area contributed by atoms with Gasteiger partial charge < -0.3 is 10.2 Å². The maximum Gasteiger partial charge on any atom is 0.231 e. The molecule has 1 unspecified atom stereocenters. The average molecular weight is 440 g/mol. The molecule has 4 heterocycles. The van der Waals surface area contributed by atoms with Gasteiger partial charge in [0.2, 0.25) is 5.91 Å². The van der Waals surface area contributed by atoms with Crippen LogP contribution in [0.25, 0.3) is 16.0 Å². The molecule has 3 aromatic heterocycles. The molecule has 30 heavy (non-hydrogen) atoms. The number of halogens is 1. The summed E-state index contributed by atoms with van der Waals surface area (Å²) in [5.41, 5.74) is 0.831. The van der Waals surface area contributed by atoms with Crippen molar-refractivity contribution in [3.05, 3.63) is 54.1 Å². The van der Waals surface area contributed by atoms with Crippen molar-refractivity contribution in [1.82, 2.24) is 24.7 Å². The molecule has 0 saturated carbocycles. The first kappa shape index (κ1) is 19.0. The lowest BCUT2D eigenvalue weighted by molar-refractivity contribution is -0.120. The highest BCUT2D eigenvalue weighted by Gasteiger charge is 2.27. The Kier molecular flexibility index (Phi) is 5.06. The lowest BCUT2D eigenvalue weighted by Gasteiger charge is -2.32. The van der Waals surface area contributed by atoms with E-state index in [9.17, 15) is 4.79 Å². The zero-order valence-electron chi connectivity index (χ0n) is 15.9. The van der Waals surface area contributed by atoms with Crippen LogP contribution in [-0.4, -0.2) is 43.7 Å². The van der Waals surface area contributed by atoms with Crippen molar-refractivity contribution in [3.8, 4) is 5.82 Å². The lowest BCUT2D eigenvalue weighted by atomic mass is 9.97. The van der Waals surface area contributed by atoms with Gasteiger partial charge in [0, 0.05) is 36.6 Å². The van der Waals surface area contributed by atoms with E-state index in [1.54, 1.807) is 16.9 Å². The quantitative estimate of drug-likeness (QED) is 0.520. The number of rotatable bonds is 4. The number of fused-ring (bicyclic) bond motifs is 1. The van der Waals surface area contributed by atoms with E-state index in [4.69, 9.17) is 11.6 Å². The van der Waals surface area contributed by atoms with Gasteiger partial charge in [-0.15, -0.1) is 0 Å². The summed E-state index contributed by atoms with van der Waals surface area (Å²) < 4.78 is 2.65. The SMILES string of the molecule is O=C(Nc1nc2ccc(Cl)cc2s1)C1CCCN(c2cc(-n3cccn3)ncn2)C1. The molecule has 0 bridgehead atoms. The number of aromatic nitrogens is 5. The number of carbonyl (C=O) groups is 1. The molecule has 5 rings (SSSR count). The van der Waals surface area contributed by atoms with Gasteiger partial charge in [0.05, 0.1) is 16.1 Å². The fraction of sp³-hybridized carbons (Fsp3) is 0.250. The number of hydrogen-bond donors (Lipinski definition) is 1. The first-order valence-electron chi connectivity index (χ1n) is 9.60. The van der Waals surface area contributed by atoms with Crippen molar-refractivity contribution in [2.45, 2.75) is 12.8 Å². The van der Waals surface area contributed by atoms with Crippen LogP contribution in [0.15, 0.2) is 49.1 Å². The van der Waals surface area contributed by atoms with Crippen LogP contribution < -0.4 is 10.2 Å². The number of carbonyl (C=O) groups excluding carboxylic acids is 1. The minimum atomic E-state index is -0.141. The van der Waals surface area contributed by atoms with Gasteiger partial charge in [0.25, 0.3) is 0 Å². The Morgan fingerprint density at radius 2 is 2.13 bits per heavy atom. The second-order valence-electron chi connectivity index (χ2n) is 7.09. The number of benzene rings is 1. The molecule has 10 heteroatoms. The Hall–Kier alpha value is -3.04. The van der Waals surface area contributed by atoms with E-state index in [1.807, 2.05) is 30.5 Å². The molecule has 1 aromatic carbocycles. The van der Waals surface area contributed by atoms with Crippen LogP contribution in [0.1, 0.15) is 12.8 Å². The molecule has 1 aliphatic rings. The Bertz CT molecular complexity index is 1190. The number of anilines is 2. The minimum Gasteiger partial charge on any atom is -0.356 e. The number of amides is 1. The van der Waals surface area contributed by atoms with E-state index < -0.39 is 0 Å². The number of piperidine rings is 1. The molecule has 152 valence electrons. The van der Waals surface area contributed by atoms with Crippen molar-refractivity contribution >= 4 is 50.0 Å². The molecule has 0 radical (unpaired) electrons. The molecule has 1 saturated heterocycles. The van der Waals surface area contributed by atoms with Gasteiger partial charge in [-0.2, -0.15) is 5.10 Å². The lowest BCUT2D eigenvalue weighted by Crippen LogP contribution is -2.41. The Balaban J connectivity index is 1.30. The van der Waals surface area contributed by atoms with Gasteiger partial charge in [-0.05, 0) is 37.1 Å². The van der Waals surface area contributed by atoms with Crippen LogP contribution in [0.4, 0.5) is 10.9 Å². The Morgan fingerprint density at radius 3 is 3.00 bits per heavy atom. The van der Waals surface area contributed by atoms with Crippen LogP contribution >= 0.6 is 22.9 Å². The van der Waals surface area contributed by atoms with E-state index in [0.29, 0.717) is 22.5 Å². The van der Waals surface area contributed by atoms with E-state index >= 15 is 0 Å². The summed E-state index contributed by atoms with van der Waals surface area (Å²) in [6.45, 7) is 1.44. The predicted molar refractivity (Wildman–Crippen MR) is 117 cm³/mol. The summed E-state index contributed by atoms with van der Waals surface area (Å²) >= 11 is 7.47. The third-order valence-corrected chi connectivity index (χ3v) is 6.24.